The summed E-state index contributed by atoms with van der Waals surface area (Å²) in [5, 5.41) is 0. The number of nitrogens with zero attached hydrogens (tertiary/aromatic N) is 2. The predicted octanol–water partition coefficient (Wildman–Crippen LogP) is 1.03. The van der Waals surface area contributed by atoms with E-state index in [0.717, 1.165) is 44.8 Å². The van der Waals surface area contributed by atoms with E-state index in [1.807, 2.05) is 17.0 Å². The first-order valence-corrected chi connectivity index (χ1v) is 8.09. The molecule has 1 amide bonds. The van der Waals surface area contributed by atoms with Gasteiger partial charge in [-0.25, -0.2) is 0 Å². The minimum Gasteiger partial charge on any atom is -0.379 e. The lowest BCUT2D eigenvalue weighted by molar-refractivity contribution is 0.0303. The highest BCUT2D eigenvalue weighted by Gasteiger charge is 2.18. The molecule has 0 N–H and O–H groups in total. The molecule has 2 aliphatic rings. The smallest absolute Gasteiger partial charge is 0.254 e. The third kappa shape index (κ3) is 4.06. The second-order valence-corrected chi connectivity index (χ2v) is 5.81. The second-order valence-electron chi connectivity index (χ2n) is 5.81. The lowest BCUT2D eigenvalue weighted by Crippen LogP contribution is -2.40. The zero-order valence-electron chi connectivity index (χ0n) is 13.0. The number of ether oxygens (including phenoxy) is 2. The summed E-state index contributed by atoms with van der Waals surface area (Å²) in [6.45, 7) is 7.45. The molecule has 0 aliphatic carbocycles. The second kappa shape index (κ2) is 7.72. The highest BCUT2D eigenvalue weighted by atomic mass is 16.5. The van der Waals surface area contributed by atoms with Crippen LogP contribution in [0.25, 0.3) is 0 Å². The standard InChI is InChI=1S/C17H24N2O3/c20-17(19-9-13-22-14-10-19)16-3-1-15(2-4-16)5-6-18-7-11-21-12-8-18/h1-4H,5-14H2. The number of carbonyl (C=O) groups is 1. The average molecular weight is 304 g/mol. The summed E-state index contributed by atoms with van der Waals surface area (Å²) in [7, 11) is 0. The normalized spacial score (nSPS) is 20.1. The van der Waals surface area contributed by atoms with Crippen molar-refractivity contribution in [2.45, 2.75) is 6.42 Å². The lowest BCUT2D eigenvalue weighted by atomic mass is 10.1. The molecule has 2 saturated heterocycles. The molecule has 0 bridgehead atoms. The van der Waals surface area contributed by atoms with Gasteiger partial charge in [0.15, 0.2) is 0 Å². The molecular weight excluding hydrogens is 280 g/mol. The molecule has 5 nitrogen and oxygen atoms in total. The quantitative estimate of drug-likeness (QED) is 0.833. The maximum atomic E-state index is 12.4. The Bertz CT molecular complexity index is 477. The van der Waals surface area contributed by atoms with Gasteiger partial charge in [0.25, 0.3) is 5.91 Å². The van der Waals surface area contributed by atoms with E-state index in [2.05, 4.69) is 17.0 Å². The van der Waals surface area contributed by atoms with Gasteiger partial charge in [-0.1, -0.05) is 12.1 Å². The van der Waals surface area contributed by atoms with Crippen molar-refractivity contribution in [3.05, 3.63) is 35.4 Å². The summed E-state index contributed by atoms with van der Waals surface area (Å²) < 4.78 is 10.6. The van der Waals surface area contributed by atoms with Gasteiger partial charge in [-0.3, -0.25) is 9.69 Å². The molecule has 2 aliphatic heterocycles. The van der Waals surface area contributed by atoms with Crippen LogP contribution in [-0.4, -0.2) is 74.9 Å². The highest BCUT2D eigenvalue weighted by molar-refractivity contribution is 5.94. The maximum absolute atomic E-state index is 12.4. The number of carbonyl (C=O) groups excluding carboxylic acids is 1. The summed E-state index contributed by atoms with van der Waals surface area (Å²) >= 11 is 0. The van der Waals surface area contributed by atoms with Crippen LogP contribution in [0.2, 0.25) is 0 Å². The molecule has 2 fully saturated rings. The van der Waals surface area contributed by atoms with Crippen molar-refractivity contribution in [1.82, 2.24) is 9.80 Å². The van der Waals surface area contributed by atoms with Gasteiger partial charge in [0.05, 0.1) is 26.4 Å². The first-order chi connectivity index (χ1) is 10.8. The third-order valence-corrected chi connectivity index (χ3v) is 4.32. The molecule has 1 aromatic carbocycles. The van der Waals surface area contributed by atoms with Crippen LogP contribution in [0.1, 0.15) is 15.9 Å². The van der Waals surface area contributed by atoms with Crippen LogP contribution in [0.15, 0.2) is 24.3 Å². The van der Waals surface area contributed by atoms with Crippen LogP contribution in [0.3, 0.4) is 0 Å². The number of hydrogen-bond donors (Lipinski definition) is 0. The van der Waals surface area contributed by atoms with Crippen LogP contribution in [0.5, 0.6) is 0 Å². The molecule has 5 heteroatoms. The molecule has 120 valence electrons. The van der Waals surface area contributed by atoms with Crippen molar-refractivity contribution in [2.75, 3.05) is 59.2 Å². The van der Waals surface area contributed by atoms with E-state index in [1.54, 1.807) is 0 Å². The number of amides is 1. The molecule has 1 aromatic rings. The summed E-state index contributed by atoms with van der Waals surface area (Å²) in [4.78, 5) is 16.7. The van der Waals surface area contributed by atoms with E-state index in [0.29, 0.717) is 26.3 Å². The van der Waals surface area contributed by atoms with Gasteiger partial charge in [-0.2, -0.15) is 0 Å². The minimum absolute atomic E-state index is 0.114. The van der Waals surface area contributed by atoms with E-state index in [9.17, 15) is 4.79 Å². The third-order valence-electron chi connectivity index (χ3n) is 4.32. The molecule has 0 aromatic heterocycles. The monoisotopic (exact) mass is 304 g/mol. The largest absolute Gasteiger partial charge is 0.379 e. The Kier molecular flexibility index (Phi) is 5.43. The summed E-state index contributed by atoms with van der Waals surface area (Å²) in [6, 6.07) is 8.06. The van der Waals surface area contributed by atoms with Crippen LogP contribution >= 0.6 is 0 Å². The van der Waals surface area contributed by atoms with E-state index in [4.69, 9.17) is 9.47 Å². The molecule has 0 spiro atoms. The van der Waals surface area contributed by atoms with Gasteiger partial charge >= 0.3 is 0 Å². The van der Waals surface area contributed by atoms with Crippen molar-refractivity contribution >= 4 is 5.91 Å². The fourth-order valence-electron chi connectivity index (χ4n) is 2.87. The van der Waals surface area contributed by atoms with E-state index >= 15 is 0 Å². The van der Waals surface area contributed by atoms with Crippen molar-refractivity contribution in [3.63, 3.8) is 0 Å². The first kappa shape index (κ1) is 15.5. The molecule has 0 saturated carbocycles. The van der Waals surface area contributed by atoms with Crippen molar-refractivity contribution in [3.8, 4) is 0 Å². The Morgan fingerprint density at radius 2 is 1.50 bits per heavy atom. The van der Waals surface area contributed by atoms with Crippen LogP contribution in [-0.2, 0) is 15.9 Å². The van der Waals surface area contributed by atoms with Gasteiger partial charge < -0.3 is 14.4 Å². The highest BCUT2D eigenvalue weighted by Crippen LogP contribution is 2.11. The summed E-state index contributed by atoms with van der Waals surface area (Å²) in [6.07, 6.45) is 1.02. The van der Waals surface area contributed by atoms with Gasteiger partial charge in [0, 0.05) is 38.3 Å². The van der Waals surface area contributed by atoms with E-state index in [1.165, 1.54) is 5.56 Å². The number of morpholine rings is 2. The molecular formula is C17H24N2O3. The molecule has 22 heavy (non-hydrogen) atoms. The Morgan fingerprint density at radius 1 is 0.909 bits per heavy atom. The number of benzene rings is 1. The fraction of sp³-hybridized carbons (Fsp3) is 0.588. The van der Waals surface area contributed by atoms with Crippen LogP contribution in [0, 0.1) is 0 Å². The molecule has 0 atom stereocenters. The first-order valence-electron chi connectivity index (χ1n) is 8.09. The predicted molar refractivity (Wildman–Crippen MR) is 84.1 cm³/mol. The Labute approximate surface area is 131 Å². The van der Waals surface area contributed by atoms with Gasteiger partial charge in [0.2, 0.25) is 0 Å². The fourth-order valence-corrected chi connectivity index (χ4v) is 2.87. The van der Waals surface area contributed by atoms with Crippen LogP contribution < -0.4 is 0 Å². The topological polar surface area (TPSA) is 42.0 Å². The summed E-state index contributed by atoms with van der Waals surface area (Å²) in [5.74, 6) is 0.114. The zero-order chi connectivity index (χ0) is 15.2. The Balaban J connectivity index is 1.51. The number of rotatable bonds is 4. The zero-order valence-corrected chi connectivity index (χ0v) is 13.0. The Hall–Kier alpha value is -1.43. The SMILES string of the molecule is O=C(c1ccc(CCN2CCOCC2)cc1)N1CCOCC1. The van der Waals surface area contributed by atoms with Crippen molar-refractivity contribution < 1.29 is 14.3 Å². The average Bonchev–Trinajstić information content (AvgIpc) is 2.61. The van der Waals surface area contributed by atoms with Gasteiger partial charge in [-0.15, -0.1) is 0 Å². The van der Waals surface area contributed by atoms with Crippen molar-refractivity contribution in [1.29, 1.82) is 0 Å². The van der Waals surface area contributed by atoms with Gasteiger partial charge in [0.1, 0.15) is 0 Å². The number of hydrogen-bond acceptors (Lipinski definition) is 4. The molecule has 0 radical (unpaired) electrons. The maximum Gasteiger partial charge on any atom is 0.254 e. The van der Waals surface area contributed by atoms with E-state index < -0.39 is 0 Å². The Morgan fingerprint density at radius 3 is 2.14 bits per heavy atom. The van der Waals surface area contributed by atoms with Crippen molar-refractivity contribution in [2.24, 2.45) is 0 Å². The molecule has 2 heterocycles. The summed E-state index contributed by atoms with van der Waals surface area (Å²) in [5.41, 5.74) is 2.06. The molecule has 3 rings (SSSR count). The minimum atomic E-state index is 0.114. The van der Waals surface area contributed by atoms with Gasteiger partial charge in [-0.05, 0) is 24.1 Å². The van der Waals surface area contributed by atoms with E-state index in [-0.39, 0.29) is 5.91 Å². The lowest BCUT2D eigenvalue weighted by Gasteiger charge is -2.27. The van der Waals surface area contributed by atoms with Crippen LogP contribution in [0.4, 0.5) is 0 Å². The molecule has 0 unspecified atom stereocenters.